The van der Waals surface area contributed by atoms with E-state index in [0.717, 1.165) is 32.5 Å². The summed E-state index contributed by atoms with van der Waals surface area (Å²) >= 11 is 0. The lowest BCUT2D eigenvalue weighted by Gasteiger charge is -2.23. The summed E-state index contributed by atoms with van der Waals surface area (Å²) in [6.45, 7) is 4.58. The van der Waals surface area contributed by atoms with Gasteiger partial charge in [0.15, 0.2) is 0 Å². The first-order valence-corrected chi connectivity index (χ1v) is 6.04. The first-order valence-electron chi connectivity index (χ1n) is 6.04. The molecule has 16 heavy (non-hydrogen) atoms. The Hall–Kier alpha value is -0.870. The SMILES string of the molecule is Cc1c(C2CCOCC2)c(CCN)nn1C. The summed E-state index contributed by atoms with van der Waals surface area (Å²) in [6.07, 6.45) is 3.11. The van der Waals surface area contributed by atoms with E-state index in [4.69, 9.17) is 10.5 Å². The molecule has 2 heterocycles. The third-order valence-electron chi connectivity index (χ3n) is 3.47. The first-order chi connectivity index (χ1) is 7.74. The Morgan fingerprint density at radius 1 is 1.44 bits per heavy atom. The van der Waals surface area contributed by atoms with Crippen molar-refractivity contribution >= 4 is 0 Å². The van der Waals surface area contributed by atoms with Gasteiger partial charge in [-0.1, -0.05) is 0 Å². The molecule has 1 aromatic heterocycles. The van der Waals surface area contributed by atoms with Crippen LogP contribution in [0.4, 0.5) is 0 Å². The molecular weight excluding hydrogens is 202 g/mol. The van der Waals surface area contributed by atoms with Gasteiger partial charge in [0.25, 0.3) is 0 Å². The summed E-state index contributed by atoms with van der Waals surface area (Å²) in [4.78, 5) is 0. The molecule has 2 N–H and O–H groups in total. The van der Waals surface area contributed by atoms with E-state index in [0.29, 0.717) is 12.5 Å². The lowest BCUT2D eigenvalue weighted by molar-refractivity contribution is 0.0850. The molecule has 0 bridgehead atoms. The van der Waals surface area contributed by atoms with Gasteiger partial charge >= 0.3 is 0 Å². The quantitative estimate of drug-likeness (QED) is 0.835. The molecule has 0 unspecified atom stereocenters. The zero-order valence-corrected chi connectivity index (χ0v) is 10.2. The minimum Gasteiger partial charge on any atom is -0.381 e. The van der Waals surface area contributed by atoms with Gasteiger partial charge in [-0.05, 0) is 37.8 Å². The van der Waals surface area contributed by atoms with Gasteiger partial charge in [0.1, 0.15) is 0 Å². The van der Waals surface area contributed by atoms with Crippen LogP contribution in [0.2, 0.25) is 0 Å². The third kappa shape index (κ3) is 2.13. The Morgan fingerprint density at radius 3 is 2.75 bits per heavy atom. The molecule has 2 rings (SSSR count). The molecule has 1 aromatic rings. The molecule has 0 radical (unpaired) electrons. The van der Waals surface area contributed by atoms with Gasteiger partial charge in [0.2, 0.25) is 0 Å². The van der Waals surface area contributed by atoms with Gasteiger partial charge in [-0.25, -0.2) is 0 Å². The summed E-state index contributed by atoms with van der Waals surface area (Å²) in [5.41, 5.74) is 9.55. The average molecular weight is 223 g/mol. The predicted octanol–water partition coefficient (Wildman–Crippen LogP) is 1.12. The molecule has 1 fully saturated rings. The van der Waals surface area contributed by atoms with Gasteiger partial charge in [0.05, 0.1) is 5.69 Å². The molecule has 1 aliphatic heterocycles. The van der Waals surface area contributed by atoms with Crippen LogP contribution in [-0.2, 0) is 18.2 Å². The lowest BCUT2D eigenvalue weighted by atomic mass is 9.89. The van der Waals surface area contributed by atoms with E-state index in [9.17, 15) is 0 Å². The topological polar surface area (TPSA) is 53.1 Å². The van der Waals surface area contributed by atoms with Crippen molar-refractivity contribution in [2.24, 2.45) is 12.8 Å². The molecule has 0 atom stereocenters. The van der Waals surface area contributed by atoms with Crippen molar-refractivity contribution in [2.45, 2.75) is 32.1 Å². The maximum atomic E-state index is 5.64. The van der Waals surface area contributed by atoms with Crippen LogP contribution in [-0.4, -0.2) is 29.5 Å². The highest BCUT2D eigenvalue weighted by atomic mass is 16.5. The Labute approximate surface area is 96.8 Å². The van der Waals surface area contributed by atoms with Crippen LogP contribution in [0.1, 0.15) is 35.7 Å². The molecule has 0 aromatic carbocycles. The minimum absolute atomic E-state index is 0.615. The van der Waals surface area contributed by atoms with E-state index in [1.807, 2.05) is 11.7 Å². The van der Waals surface area contributed by atoms with E-state index in [2.05, 4.69) is 12.0 Å². The fraction of sp³-hybridized carbons (Fsp3) is 0.750. The van der Waals surface area contributed by atoms with Crippen LogP contribution in [0, 0.1) is 6.92 Å². The fourth-order valence-electron chi connectivity index (χ4n) is 2.53. The van der Waals surface area contributed by atoms with Crippen molar-refractivity contribution in [3.63, 3.8) is 0 Å². The predicted molar refractivity (Wildman–Crippen MR) is 63.5 cm³/mol. The van der Waals surface area contributed by atoms with Gasteiger partial charge in [-0.15, -0.1) is 0 Å². The zero-order valence-electron chi connectivity index (χ0n) is 10.2. The van der Waals surface area contributed by atoms with E-state index in [-0.39, 0.29) is 0 Å². The molecule has 0 aliphatic carbocycles. The molecule has 4 nitrogen and oxygen atoms in total. The van der Waals surface area contributed by atoms with Crippen molar-refractivity contribution in [3.8, 4) is 0 Å². The average Bonchev–Trinajstić information content (AvgIpc) is 2.57. The number of rotatable bonds is 3. The van der Waals surface area contributed by atoms with Crippen molar-refractivity contribution in [3.05, 3.63) is 17.0 Å². The number of nitrogens with zero attached hydrogens (tertiary/aromatic N) is 2. The number of hydrogen-bond acceptors (Lipinski definition) is 3. The van der Waals surface area contributed by atoms with Crippen LogP contribution in [0.15, 0.2) is 0 Å². The molecular formula is C12H21N3O. The monoisotopic (exact) mass is 223 g/mol. The number of aryl methyl sites for hydroxylation is 1. The first kappa shape index (κ1) is 11.6. The molecule has 0 spiro atoms. The van der Waals surface area contributed by atoms with Gasteiger partial charge < -0.3 is 10.5 Å². The van der Waals surface area contributed by atoms with Crippen LogP contribution >= 0.6 is 0 Å². The summed E-state index contributed by atoms with van der Waals surface area (Å²) in [6, 6.07) is 0. The molecule has 1 saturated heterocycles. The van der Waals surface area contributed by atoms with Crippen LogP contribution in [0.3, 0.4) is 0 Å². The fourth-order valence-corrected chi connectivity index (χ4v) is 2.53. The largest absolute Gasteiger partial charge is 0.381 e. The second-order valence-electron chi connectivity index (χ2n) is 4.49. The highest BCUT2D eigenvalue weighted by Crippen LogP contribution is 2.31. The van der Waals surface area contributed by atoms with E-state index in [1.165, 1.54) is 17.0 Å². The standard InChI is InChI=1S/C12H21N3O/c1-9-12(10-4-7-16-8-5-10)11(3-6-13)14-15(9)2/h10H,3-8,13H2,1-2H3. The summed E-state index contributed by atoms with van der Waals surface area (Å²) < 4.78 is 7.40. The number of ether oxygens (including phenoxy) is 1. The van der Waals surface area contributed by atoms with Crippen LogP contribution in [0.5, 0.6) is 0 Å². The van der Waals surface area contributed by atoms with Crippen molar-refractivity contribution in [1.82, 2.24) is 9.78 Å². The van der Waals surface area contributed by atoms with E-state index >= 15 is 0 Å². The Morgan fingerprint density at radius 2 is 2.12 bits per heavy atom. The molecule has 4 heteroatoms. The normalized spacial score (nSPS) is 17.9. The minimum atomic E-state index is 0.615. The number of hydrogen-bond donors (Lipinski definition) is 1. The molecule has 0 amide bonds. The van der Waals surface area contributed by atoms with E-state index in [1.54, 1.807) is 0 Å². The van der Waals surface area contributed by atoms with Crippen molar-refractivity contribution in [2.75, 3.05) is 19.8 Å². The van der Waals surface area contributed by atoms with Gasteiger partial charge in [0, 0.05) is 32.4 Å². The maximum Gasteiger partial charge on any atom is 0.0674 e. The second-order valence-corrected chi connectivity index (χ2v) is 4.49. The van der Waals surface area contributed by atoms with Gasteiger partial charge in [-0.3, -0.25) is 4.68 Å². The smallest absolute Gasteiger partial charge is 0.0674 e. The zero-order chi connectivity index (χ0) is 11.5. The lowest BCUT2D eigenvalue weighted by Crippen LogP contribution is -2.16. The van der Waals surface area contributed by atoms with Crippen LogP contribution in [0.25, 0.3) is 0 Å². The van der Waals surface area contributed by atoms with Gasteiger partial charge in [-0.2, -0.15) is 5.10 Å². The highest BCUT2D eigenvalue weighted by molar-refractivity contribution is 5.30. The summed E-state index contributed by atoms with van der Waals surface area (Å²) in [5, 5.41) is 4.57. The molecule has 90 valence electrons. The third-order valence-corrected chi connectivity index (χ3v) is 3.47. The molecule has 0 saturated carbocycles. The Balaban J connectivity index is 2.28. The summed E-state index contributed by atoms with van der Waals surface area (Å²) in [7, 11) is 2.01. The Bertz CT molecular complexity index is 353. The van der Waals surface area contributed by atoms with E-state index < -0.39 is 0 Å². The summed E-state index contributed by atoms with van der Waals surface area (Å²) in [5.74, 6) is 0.615. The maximum absolute atomic E-state index is 5.64. The Kier molecular flexibility index (Phi) is 3.61. The molecule has 1 aliphatic rings. The second kappa shape index (κ2) is 4.97. The van der Waals surface area contributed by atoms with Crippen molar-refractivity contribution < 1.29 is 4.74 Å². The van der Waals surface area contributed by atoms with Crippen LogP contribution < -0.4 is 5.73 Å². The number of aromatic nitrogens is 2. The highest BCUT2D eigenvalue weighted by Gasteiger charge is 2.23. The number of nitrogens with two attached hydrogens (primary N) is 1. The van der Waals surface area contributed by atoms with Crippen molar-refractivity contribution in [1.29, 1.82) is 0 Å².